The van der Waals surface area contributed by atoms with E-state index in [0.717, 1.165) is 55.8 Å². The van der Waals surface area contributed by atoms with Crippen LogP contribution in [-0.2, 0) is 13.0 Å². The highest BCUT2D eigenvalue weighted by Gasteiger charge is 2.23. The van der Waals surface area contributed by atoms with Crippen molar-refractivity contribution in [3.8, 4) is 11.5 Å². The standard InChI is InChI=1S/C20H27N5O2/c1-14-4-7-24(8-5-14)19-12-21-23-20(22-19)25-9-6-15-10-17(26-2)18(27-3)11-16(15)13-25/h10-12,14H,4-9,13H2,1-3H3. The van der Waals surface area contributed by atoms with Gasteiger partial charge in [-0.05, 0) is 48.4 Å². The number of piperidine rings is 1. The molecule has 1 aromatic carbocycles. The molecular weight excluding hydrogens is 342 g/mol. The zero-order valence-corrected chi connectivity index (χ0v) is 16.3. The first-order valence-electron chi connectivity index (χ1n) is 9.61. The van der Waals surface area contributed by atoms with Crippen LogP contribution in [0.15, 0.2) is 18.3 Å². The minimum atomic E-state index is 0.701. The number of fused-ring (bicyclic) bond motifs is 1. The summed E-state index contributed by atoms with van der Waals surface area (Å²) in [6.07, 6.45) is 5.12. The van der Waals surface area contributed by atoms with Crippen LogP contribution in [0.1, 0.15) is 30.9 Å². The molecule has 2 aliphatic rings. The Kier molecular flexibility index (Phi) is 5.01. The molecule has 1 saturated heterocycles. The van der Waals surface area contributed by atoms with Crippen LogP contribution in [-0.4, -0.2) is 49.0 Å². The van der Waals surface area contributed by atoms with E-state index in [2.05, 4.69) is 39.1 Å². The van der Waals surface area contributed by atoms with Gasteiger partial charge in [-0.15, -0.1) is 5.10 Å². The number of hydrogen-bond donors (Lipinski definition) is 0. The molecule has 0 atom stereocenters. The lowest BCUT2D eigenvalue weighted by Gasteiger charge is -2.32. The summed E-state index contributed by atoms with van der Waals surface area (Å²) in [6.45, 7) is 6.01. The number of benzene rings is 1. The molecule has 3 heterocycles. The summed E-state index contributed by atoms with van der Waals surface area (Å²) in [4.78, 5) is 9.33. The third kappa shape index (κ3) is 3.63. The lowest BCUT2D eigenvalue weighted by molar-refractivity contribution is 0.353. The summed E-state index contributed by atoms with van der Waals surface area (Å²) in [7, 11) is 3.34. The van der Waals surface area contributed by atoms with Gasteiger partial charge in [0.1, 0.15) is 0 Å². The predicted molar refractivity (Wildman–Crippen MR) is 105 cm³/mol. The first-order valence-corrected chi connectivity index (χ1v) is 9.61. The van der Waals surface area contributed by atoms with Crippen molar-refractivity contribution in [1.82, 2.24) is 15.2 Å². The summed E-state index contributed by atoms with van der Waals surface area (Å²) in [6, 6.07) is 4.14. The van der Waals surface area contributed by atoms with Crippen LogP contribution in [0.2, 0.25) is 0 Å². The summed E-state index contributed by atoms with van der Waals surface area (Å²) in [5.74, 6) is 3.97. The average molecular weight is 369 g/mol. The van der Waals surface area contributed by atoms with Crippen molar-refractivity contribution in [2.75, 3.05) is 43.7 Å². The minimum absolute atomic E-state index is 0.701. The lowest BCUT2D eigenvalue weighted by atomic mass is 9.99. The molecule has 2 aromatic rings. The number of nitrogens with zero attached hydrogens (tertiary/aromatic N) is 5. The van der Waals surface area contributed by atoms with Gasteiger partial charge in [0.05, 0.1) is 20.4 Å². The molecule has 0 bridgehead atoms. The summed E-state index contributed by atoms with van der Waals surface area (Å²) >= 11 is 0. The molecule has 0 N–H and O–H groups in total. The monoisotopic (exact) mass is 369 g/mol. The molecule has 7 nitrogen and oxygen atoms in total. The van der Waals surface area contributed by atoms with E-state index in [1.165, 1.54) is 24.0 Å². The van der Waals surface area contributed by atoms with Gasteiger partial charge in [-0.3, -0.25) is 0 Å². The van der Waals surface area contributed by atoms with Crippen molar-refractivity contribution in [1.29, 1.82) is 0 Å². The zero-order chi connectivity index (χ0) is 18.8. The molecule has 0 spiro atoms. The van der Waals surface area contributed by atoms with Crippen LogP contribution in [0.4, 0.5) is 11.8 Å². The van der Waals surface area contributed by atoms with Gasteiger partial charge in [0.25, 0.3) is 0 Å². The molecular formula is C20H27N5O2. The SMILES string of the molecule is COc1cc2c(cc1OC)CN(c1nncc(N3CCC(C)CC3)n1)CC2. The van der Waals surface area contributed by atoms with Gasteiger partial charge >= 0.3 is 0 Å². The van der Waals surface area contributed by atoms with E-state index in [9.17, 15) is 0 Å². The molecule has 1 aromatic heterocycles. The van der Waals surface area contributed by atoms with Gasteiger partial charge in [0.2, 0.25) is 5.95 Å². The molecule has 27 heavy (non-hydrogen) atoms. The van der Waals surface area contributed by atoms with Crippen LogP contribution >= 0.6 is 0 Å². The lowest BCUT2D eigenvalue weighted by Crippen LogP contribution is -2.35. The Labute approximate surface area is 160 Å². The number of anilines is 2. The molecule has 4 rings (SSSR count). The second kappa shape index (κ2) is 7.58. The van der Waals surface area contributed by atoms with Crippen molar-refractivity contribution < 1.29 is 9.47 Å². The molecule has 0 saturated carbocycles. The van der Waals surface area contributed by atoms with E-state index in [0.29, 0.717) is 5.95 Å². The van der Waals surface area contributed by atoms with Crippen LogP contribution < -0.4 is 19.3 Å². The van der Waals surface area contributed by atoms with Crippen LogP contribution in [0.3, 0.4) is 0 Å². The Bertz CT molecular complexity index is 805. The molecule has 0 radical (unpaired) electrons. The van der Waals surface area contributed by atoms with Crippen LogP contribution in [0, 0.1) is 5.92 Å². The number of methoxy groups -OCH3 is 2. The van der Waals surface area contributed by atoms with Crippen molar-refractivity contribution >= 4 is 11.8 Å². The highest BCUT2D eigenvalue weighted by Crippen LogP contribution is 2.34. The smallest absolute Gasteiger partial charge is 0.247 e. The second-order valence-corrected chi connectivity index (χ2v) is 7.43. The number of rotatable bonds is 4. The molecule has 1 fully saturated rings. The zero-order valence-electron chi connectivity index (χ0n) is 16.3. The molecule has 0 amide bonds. The van der Waals surface area contributed by atoms with E-state index in [-0.39, 0.29) is 0 Å². The molecule has 7 heteroatoms. The van der Waals surface area contributed by atoms with Crippen molar-refractivity contribution in [2.45, 2.75) is 32.7 Å². The van der Waals surface area contributed by atoms with Crippen molar-refractivity contribution in [2.24, 2.45) is 5.92 Å². The quantitative estimate of drug-likeness (QED) is 0.821. The Morgan fingerprint density at radius 2 is 1.67 bits per heavy atom. The van der Waals surface area contributed by atoms with E-state index >= 15 is 0 Å². The van der Waals surface area contributed by atoms with Gasteiger partial charge in [0.15, 0.2) is 17.3 Å². The summed E-state index contributed by atoms with van der Waals surface area (Å²) in [5, 5.41) is 8.53. The van der Waals surface area contributed by atoms with Crippen molar-refractivity contribution in [3.05, 3.63) is 29.5 Å². The van der Waals surface area contributed by atoms with Gasteiger partial charge in [-0.25, -0.2) is 0 Å². The molecule has 2 aliphatic heterocycles. The third-order valence-electron chi connectivity index (χ3n) is 5.64. The second-order valence-electron chi connectivity index (χ2n) is 7.43. The van der Waals surface area contributed by atoms with E-state index in [1.54, 1.807) is 20.4 Å². The largest absolute Gasteiger partial charge is 0.493 e. The minimum Gasteiger partial charge on any atom is -0.493 e. The van der Waals surface area contributed by atoms with Gasteiger partial charge in [-0.1, -0.05) is 6.92 Å². The number of ether oxygens (including phenoxy) is 2. The fourth-order valence-electron chi connectivity index (χ4n) is 3.86. The van der Waals surface area contributed by atoms with E-state index in [4.69, 9.17) is 14.5 Å². The highest BCUT2D eigenvalue weighted by molar-refractivity contribution is 5.51. The molecule has 0 aliphatic carbocycles. The Hall–Kier alpha value is -2.57. The maximum Gasteiger partial charge on any atom is 0.247 e. The van der Waals surface area contributed by atoms with Crippen molar-refractivity contribution in [3.63, 3.8) is 0 Å². The average Bonchev–Trinajstić information content (AvgIpc) is 2.73. The fourth-order valence-corrected chi connectivity index (χ4v) is 3.86. The Balaban J connectivity index is 1.54. The first kappa shape index (κ1) is 17.8. The van der Waals surface area contributed by atoms with E-state index in [1.807, 2.05) is 0 Å². The maximum atomic E-state index is 5.46. The summed E-state index contributed by atoms with van der Waals surface area (Å²) < 4.78 is 10.9. The van der Waals surface area contributed by atoms with Gasteiger partial charge in [0, 0.05) is 26.2 Å². The third-order valence-corrected chi connectivity index (χ3v) is 5.64. The first-order chi connectivity index (χ1) is 13.2. The summed E-state index contributed by atoms with van der Waals surface area (Å²) in [5.41, 5.74) is 2.51. The topological polar surface area (TPSA) is 63.6 Å². The molecule has 0 unspecified atom stereocenters. The Morgan fingerprint density at radius 1 is 0.963 bits per heavy atom. The predicted octanol–water partition coefficient (Wildman–Crippen LogP) is 2.69. The molecule has 144 valence electrons. The van der Waals surface area contributed by atoms with Gasteiger partial charge in [-0.2, -0.15) is 10.1 Å². The van der Waals surface area contributed by atoms with Gasteiger partial charge < -0.3 is 19.3 Å². The van der Waals surface area contributed by atoms with Crippen LogP contribution in [0.25, 0.3) is 0 Å². The maximum absolute atomic E-state index is 5.46. The fraction of sp³-hybridized carbons (Fsp3) is 0.550. The number of aromatic nitrogens is 3. The van der Waals surface area contributed by atoms with Crippen LogP contribution in [0.5, 0.6) is 11.5 Å². The van der Waals surface area contributed by atoms with E-state index < -0.39 is 0 Å². The number of hydrogen-bond acceptors (Lipinski definition) is 7. The Morgan fingerprint density at radius 3 is 2.37 bits per heavy atom. The normalized spacial score (nSPS) is 17.6. The highest BCUT2D eigenvalue weighted by atomic mass is 16.5.